The third-order valence-corrected chi connectivity index (χ3v) is 3.59. The minimum atomic E-state index is -0.482. The van der Waals surface area contributed by atoms with Gasteiger partial charge in [0.25, 0.3) is 0 Å². The molecular formula is C15H23Cl2N5O. The molecule has 0 bridgehead atoms. The molecule has 1 heterocycles. The molecule has 0 aliphatic carbocycles. The first kappa shape index (κ1) is 21.4. The van der Waals surface area contributed by atoms with Crippen LogP contribution in [0.2, 0.25) is 0 Å². The summed E-state index contributed by atoms with van der Waals surface area (Å²) in [4.78, 5) is 15.9. The fourth-order valence-corrected chi connectivity index (χ4v) is 1.93. The van der Waals surface area contributed by atoms with E-state index in [9.17, 15) is 4.79 Å². The predicted octanol–water partition coefficient (Wildman–Crippen LogP) is 2.48. The Morgan fingerprint density at radius 2 is 1.96 bits per heavy atom. The second-order valence-electron chi connectivity index (χ2n) is 5.19. The molecule has 0 fully saturated rings. The van der Waals surface area contributed by atoms with Crippen molar-refractivity contribution < 1.29 is 4.79 Å². The van der Waals surface area contributed by atoms with Gasteiger partial charge in [0, 0.05) is 5.69 Å². The van der Waals surface area contributed by atoms with E-state index in [-0.39, 0.29) is 36.6 Å². The third kappa shape index (κ3) is 6.17. The lowest BCUT2D eigenvalue weighted by molar-refractivity contribution is -0.118. The zero-order valence-corrected chi connectivity index (χ0v) is 14.8. The first-order valence-electron chi connectivity index (χ1n) is 7.08. The van der Waals surface area contributed by atoms with Gasteiger partial charge in [0.2, 0.25) is 5.91 Å². The van der Waals surface area contributed by atoms with Gasteiger partial charge in [0.1, 0.15) is 12.7 Å². The van der Waals surface area contributed by atoms with Crippen molar-refractivity contribution in [2.75, 3.05) is 5.32 Å². The fourth-order valence-electron chi connectivity index (χ4n) is 1.93. The summed E-state index contributed by atoms with van der Waals surface area (Å²) in [6.07, 6.45) is 4.05. The van der Waals surface area contributed by atoms with Gasteiger partial charge in [-0.3, -0.25) is 4.79 Å². The SMILES string of the molecule is CCC(C)C(N)C(=O)Nc1ccc(Cn2cncn2)cc1.Cl.Cl. The summed E-state index contributed by atoms with van der Waals surface area (Å²) in [5.41, 5.74) is 7.75. The van der Waals surface area contributed by atoms with Crippen LogP contribution in [0.5, 0.6) is 0 Å². The predicted molar refractivity (Wildman–Crippen MR) is 96.1 cm³/mol. The molecule has 128 valence electrons. The number of anilines is 1. The van der Waals surface area contributed by atoms with Crippen LogP contribution in [0.3, 0.4) is 0 Å². The molecule has 0 radical (unpaired) electrons. The van der Waals surface area contributed by atoms with Crippen molar-refractivity contribution in [1.29, 1.82) is 0 Å². The summed E-state index contributed by atoms with van der Waals surface area (Å²) in [5.74, 6) is 0.0185. The minimum Gasteiger partial charge on any atom is -0.325 e. The van der Waals surface area contributed by atoms with Gasteiger partial charge >= 0.3 is 0 Å². The molecule has 23 heavy (non-hydrogen) atoms. The Kier molecular flexibility index (Phi) is 9.48. The van der Waals surface area contributed by atoms with Crippen LogP contribution in [0.15, 0.2) is 36.9 Å². The number of halogens is 2. The Morgan fingerprint density at radius 1 is 1.30 bits per heavy atom. The van der Waals surface area contributed by atoms with Gasteiger partial charge in [0.05, 0.1) is 12.6 Å². The maximum absolute atomic E-state index is 12.0. The topological polar surface area (TPSA) is 85.8 Å². The van der Waals surface area contributed by atoms with Crippen LogP contribution in [-0.4, -0.2) is 26.7 Å². The Labute approximate surface area is 148 Å². The third-order valence-electron chi connectivity index (χ3n) is 3.59. The molecule has 0 aliphatic heterocycles. The van der Waals surface area contributed by atoms with E-state index in [0.29, 0.717) is 6.54 Å². The Hall–Kier alpha value is -1.63. The normalized spacial score (nSPS) is 12.5. The van der Waals surface area contributed by atoms with Crippen LogP contribution >= 0.6 is 24.8 Å². The number of hydrogen-bond donors (Lipinski definition) is 2. The zero-order valence-electron chi connectivity index (χ0n) is 13.2. The molecule has 2 rings (SSSR count). The molecular weight excluding hydrogens is 337 g/mol. The number of nitrogens with zero attached hydrogens (tertiary/aromatic N) is 3. The minimum absolute atomic E-state index is 0. The van der Waals surface area contributed by atoms with E-state index >= 15 is 0 Å². The van der Waals surface area contributed by atoms with Gasteiger partial charge < -0.3 is 11.1 Å². The number of hydrogen-bond acceptors (Lipinski definition) is 4. The maximum atomic E-state index is 12.0. The van der Waals surface area contributed by atoms with Gasteiger partial charge in [-0.1, -0.05) is 32.4 Å². The lowest BCUT2D eigenvalue weighted by Crippen LogP contribution is -2.40. The number of rotatable bonds is 6. The molecule has 2 atom stereocenters. The fraction of sp³-hybridized carbons (Fsp3) is 0.400. The Balaban J connectivity index is 0.00000242. The van der Waals surface area contributed by atoms with Crippen molar-refractivity contribution in [3.8, 4) is 0 Å². The van der Waals surface area contributed by atoms with Gasteiger partial charge in [-0.25, -0.2) is 9.67 Å². The first-order valence-corrected chi connectivity index (χ1v) is 7.08. The lowest BCUT2D eigenvalue weighted by Gasteiger charge is -2.17. The van der Waals surface area contributed by atoms with Crippen LogP contribution in [0, 0.1) is 5.92 Å². The second kappa shape index (κ2) is 10.2. The van der Waals surface area contributed by atoms with Gasteiger partial charge in [-0.15, -0.1) is 24.8 Å². The van der Waals surface area contributed by atoms with E-state index in [1.807, 2.05) is 38.1 Å². The second-order valence-corrected chi connectivity index (χ2v) is 5.19. The number of nitrogens with two attached hydrogens (primary N) is 1. The standard InChI is InChI=1S/C15H21N5O.2ClH/c1-3-11(2)14(16)15(21)19-13-6-4-12(5-7-13)8-20-10-17-9-18-20;;/h4-7,9-11,14H,3,8,16H2,1-2H3,(H,19,21);2*1H. The van der Waals surface area contributed by atoms with Crippen LogP contribution < -0.4 is 11.1 Å². The highest BCUT2D eigenvalue weighted by Crippen LogP contribution is 2.13. The molecule has 1 amide bonds. The highest BCUT2D eigenvalue weighted by molar-refractivity contribution is 5.94. The van der Waals surface area contributed by atoms with E-state index in [1.165, 1.54) is 6.33 Å². The number of carbonyl (C=O) groups excluding carboxylic acids is 1. The molecule has 2 aromatic rings. The van der Waals surface area contributed by atoms with E-state index in [1.54, 1.807) is 11.0 Å². The summed E-state index contributed by atoms with van der Waals surface area (Å²) in [6.45, 7) is 4.66. The first-order chi connectivity index (χ1) is 10.1. The van der Waals surface area contributed by atoms with E-state index < -0.39 is 6.04 Å². The van der Waals surface area contributed by atoms with Gasteiger partial charge in [-0.2, -0.15) is 5.10 Å². The lowest BCUT2D eigenvalue weighted by atomic mass is 9.99. The van der Waals surface area contributed by atoms with Crippen LogP contribution in [0.4, 0.5) is 5.69 Å². The van der Waals surface area contributed by atoms with E-state index in [4.69, 9.17) is 5.73 Å². The van der Waals surface area contributed by atoms with Crippen molar-refractivity contribution in [2.24, 2.45) is 11.7 Å². The molecule has 0 spiro atoms. The summed E-state index contributed by atoms with van der Waals surface area (Å²) in [5, 5.41) is 6.90. The average Bonchev–Trinajstić information content (AvgIpc) is 3.00. The molecule has 1 aromatic carbocycles. The number of benzene rings is 1. The molecule has 0 saturated carbocycles. The van der Waals surface area contributed by atoms with Gasteiger partial charge in [0.15, 0.2) is 0 Å². The molecule has 0 aliphatic rings. The Morgan fingerprint density at radius 3 is 2.48 bits per heavy atom. The van der Waals surface area contributed by atoms with Crippen LogP contribution in [-0.2, 0) is 11.3 Å². The largest absolute Gasteiger partial charge is 0.325 e. The summed E-state index contributed by atoms with van der Waals surface area (Å²) < 4.78 is 1.74. The van der Waals surface area contributed by atoms with E-state index in [0.717, 1.165) is 17.7 Å². The number of aromatic nitrogens is 3. The van der Waals surface area contributed by atoms with Crippen LogP contribution in [0.1, 0.15) is 25.8 Å². The maximum Gasteiger partial charge on any atom is 0.241 e. The molecule has 2 unspecified atom stereocenters. The smallest absolute Gasteiger partial charge is 0.241 e. The van der Waals surface area contributed by atoms with E-state index in [2.05, 4.69) is 15.4 Å². The average molecular weight is 360 g/mol. The molecule has 3 N–H and O–H groups in total. The molecule has 1 aromatic heterocycles. The summed E-state index contributed by atoms with van der Waals surface area (Å²) >= 11 is 0. The van der Waals surface area contributed by atoms with Gasteiger partial charge in [-0.05, 0) is 23.6 Å². The highest BCUT2D eigenvalue weighted by atomic mass is 35.5. The zero-order chi connectivity index (χ0) is 15.2. The Bertz CT molecular complexity index is 574. The van der Waals surface area contributed by atoms with Crippen LogP contribution in [0.25, 0.3) is 0 Å². The van der Waals surface area contributed by atoms with Crippen molar-refractivity contribution in [2.45, 2.75) is 32.9 Å². The number of amides is 1. The number of nitrogens with one attached hydrogen (secondary N) is 1. The quantitative estimate of drug-likeness (QED) is 0.829. The number of carbonyl (C=O) groups is 1. The summed E-state index contributed by atoms with van der Waals surface area (Å²) in [6, 6.07) is 7.16. The summed E-state index contributed by atoms with van der Waals surface area (Å²) in [7, 11) is 0. The monoisotopic (exact) mass is 359 g/mol. The van der Waals surface area contributed by atoms with Crippen molar-refractivity contribution in [3.05, 3.63) is 42.5 Å². The highest BCUT2D eigenvalue weighted by Gasteiger charge is 2.19. The molecule has 8 heteroatoms. The molecule has 0 saturated heterocycles. The molecule has 6 nitrogen and oxygen atoms in total. The van der Waals surface area contributed by atoms with Crippen molar-refractivity contribution in [3.63, 3.8) is 0 Å². The van der Waals surface area contributed by atoms with Crippen molar-refractivity contribution >= 4 is 36.4 Å². The van der Waals surface area contributed by atoms with Crippen molar-refractivity contribution in [1.82, 2.24) is 14.8 Å².